The topological polar surface area (TPSA) is 96.0 Å². The van der Waals surface area contributed by atoms with Gasteiger partial charge in [-0.15, -0.1) is 0 Å². The molecule has 0 amide bonds. The molecule has 1 fully saturated rings. The van der Waals surface area contributed by atoms with Crippen molar-refractivity contribution in [1.82, 2.24) is 4.31 Å². The second-order valence-electron chi connectivity index (χ2n) is 4.76. The lowest BCUT2D eigenvalue weighted by Crippen LogP contribution is -2.35. The van der Waals surface area contributed by atoms with Crippen molar-refractivity contribution in [2.75, 3.05) is 6.54 Å². The van der Waals surface area contributed by atoms with E-state index < -0.39 is 10.0 Å². The van der Waals surface area contributed by atoms with Crippen molar-refractivity contribution in [1.29, 1.82) is 0 Å². The minimum Gasteiger partial charge on any atom is -0.409 e. The van der Waals surface area contributed by atoms with E-state index in [0.29, 0.717) is 5.02 Å². The number of nitrogens with two attached hydrogens (primary N) is 1. The normalized spacial score (nSPS) is 16.4. The standard InChI is InChI=1S/C12H15Cl2N3O3S/c13-10-4-3-9(7-11(10)14)21(19,20)17(8-1-2-8)6-5-12(15)16-18/h3-4,7-8,18H,1-2,5-6H2,(H2,15,16). The summed E-state index contributed by atoms with van der Waals surface area (Å²) >= 11 is 11.7. The maximum atomic E-state index is 12.7. The summed E-state index contributed by atoms with van der Waals surface area (Å²) in [6.45, 7) is 0.156. The fraction of sp³-hybridized carbons (Fsp3) is 0.417. The van der Waals surface area contributed by atoms with Crippen molar-refractivity contribution in [3.63, 3.8) is 0 Å². The number of hydrogen-bond donors (Lipinski definition) is 2. The highest BCUT2D eigenvalue weighted by atomic mass is 35.5. The Morgan fingerprint density at radius 1 is 1.38 bits per heavy atom. The summed E-state index contributed by atoms with van der Waals surface area (Å²) in [5.41, 5.74) is 5.41. The average Bonchev–Trinajstić information content (AvgIpc) is 3.26. The summed E-state index contributed by atoms with van der Waals surface area (Å²) in [4.78, 5) is 0.0864. The minimum atomic E-state index is -3.68. The summed E-state index contributed by atoms with van der Waals surface area (Å²) in [5.74, 6) is -0.00927. The van der Waals surface area contributed by atoms with Crippen LogP contribution in [-0.2, 0) is 10.0 Å². The molecule has 3 N–H and O–H groups in total. The predicted molar refractivity (Wildman–Crippen MR) is 81.4 cm³/mol. The summed E-state index contributed by atoms with van der Waals surface area (Å²) in [7, 11) is -3.68. The number of hydrogen-bond acceptors (Lipinski definition) is 4. The van der Waals surface area contributed by atoms with Crippen LogP contribution in [-0.4, -0.2) is 36.4 Å². The molecule has 0 heterocycles. The monoisotopic (exact) mass is 351 g/mol. The number of sulfonamides is 1. The van der Waals surface area contributed by atoms with Crippen molar-refractivity contribution >= 4 is 39.1 Å². The third-order valence-corrected chi connectivity index (χ3v) is 5.86. The Balaban J connectivity index is 2.27. The van der Waals surface area contributed by atoms with E-state index in [1.54, 1.807) is 0 Å². The average molecular weight is 352 g/mol. The van der Waals surface area contributed by atoms with Crippen LogP contribution in [0.5, 0.6) is 0 Å². The molecule has 21 heavy (non-hydrogen) atoms. The molecular weight excluding hydrogens is 337 g/mol. The molecule has 0 aliphatic heterocycles. The number of amidine groups is 1. The Hall–Kier alpha value is -1.02. The molecule has 9 heteroatoms. The van der Waals surface area contributed by atoms with E-state index >= 15 is 0 Å². The zero-order chi connectivity index (χ0) is 15.6. The van der Waals surface area contributed by atoms with E-state index in [1.165, 1.54) is 22.5 Å². The second-order valence-corrected chi connectivity index (χ2v) is 7.47. The third-order valence-electron chi connectivity index (χ3n) is 3.17. The highest BCUT2D eigenvalue weighted by Crippen LogP contribution is 2.33. The predicted octanol–water partition coefficient (Wildman–Crippen LogP) is 2.28. The van der Waals surface area contributed by atoms with Crippen molar-refractivity contribution in [2.45, 2.75) is 30.2 Å². The largest absolute Gasteiger partial charge is 0.409 e. The number of rotatable bonds is 6. The van der Waals surface area contributed by atoms with E-state index in [4.69, 9.17) is 34.1 Å². The Morgan fingerprint density at radius 3 is 2.57 bits per heavy atom. The van der Waals surface area contributed by atoms with Crippen LogP contribution >= 0.6 is 23.2 Å². The van der Waals surface area contributed by atoms with Crippen molar-refractivity contribution in [3.05, 3.63) is 28.2 Å². The Labute approximate surface area is 133 Å². The number of nitrogens with zero attached hydrogens (tertiary/aromatic N) is 2. The fourth-order valence-electron chi connectivity index (χ4n) is 1.91. The number of benzene rings is 1. The molecule has 1 saturated carbocycles. The second kappa shape index (κ2) is 6.39. The molecule has 1 aromatic rings. The molecule has 0 aromatic heterocycles. The van der Waals surface area contributed by atoms with Crippen molar-refractivity contribution in [3.8, 4) is 0 Å². The molecule has 0 atom stereocenters. The lowest BCUT2D eigenvalue weighted by atomic mass is 10.4. The summed E-state index contributed by atoms with van der Waals surface area (Å²) < 4.78 is 26.7. The Bertz CT molecular complexity index is 660. The van der Waals surface area contributed by atoms with Gasteiger partial charge in [0.2, 0.25) is 10.0 Å². The first-order valence-electron chi connectivity index (χ1n) is 6.29. The maximum Gasteiger partial charge on any atom is 0.243 e. The van der Waals surface area contributed by atoms with Gasteiger partial charge in [0.25, 0.3) is 0 Å². The van der Waals surface area contributed by atoms with Crippen LogP contribution in [0, 0.1) is 0 Å². The van der Waals surface area contributed by atoms with Crippen LogP contribution in [0.4, 0.5) is 0 Å². The molecule has 0 radical (unpaired) electrons. The van der Waals surface area contributed by atoms with Gasteiger partial charge in [0, 0.05) is 19.0 Å². The number of oxime groups is 1. The van der Waals surface area contributed by atoms with Gasteiger partial charge in [-0.2, -0.15) is 4.31 Å². The first-order chi connectivity index (χ1) is 9.86. The molecule has 0 spiro atoms. The molecule has 0 saturated heterocycles. The van der Waals surface area contributed by atoms with Gasteiger partial charge in [-0.25, -0.2) is 8.42 Å². The smallest absolute Gasteiger partial charge is 0.243 e. The van der Waals surface area contributed by atoms with E-state index in [9.17, 15) is 8.42 Å². The van der Waals surface area contributed by atoms with Gasteiger partial charge >= 0.3 is 0 Å². The number of halogens is 2. The molecule has 1 aromatic carbocycles. The van der Waals surface area contributed by atoms with Gasteiger partial charge in [0.1, 0.15) is 5.84 Å². The first kappa shape index (κ1) is 16.4. The SMILES string of the molecule is NC(CCN(C1CC1)S(=O)(=O)c1ccc(Cl)c(Cl)c1)=NO. The van der Waals surface area contributed by atoms with Gasteiger partial charge in [0.15, 0.2) is 0 Å². The van der Waals surface area contributed by atoms with Gasteiger partial charge in [0.05, 0.1) is 14.9 Å². The summed E-state index contributed by atoms with van der Waals surface area (Å²) in [6, 6.07) is 4.15. The third kappa shape index (κ3) is 3.79. The van der Waals surface area contributed by atoms with Gasteiger partial charge in [-0.3, -0.25) is 0 Å². The van der Waals surface area contributed by atoms with E-state index in [2.05, 4.69) is 5.16 Å². The van der Waals surface area contributed by atoms with Gasteiger partial charge < -0.3 is 10.9 Å². The van der Waals surface area contributed by atoms with Crippen molar-refractivity contribution in [2.24, 2.45) is 10.9 Å². The van der Waals surface area contributed by atoms with Crippen LogP contribution in [0.2, 0.25) is 10.0 Å². The van der Waals surface area contributed by atoms with Crippen molar-refractivity contribution < 1.29 is 13.6 Å². The zero-order valence-corrected chi connectivity index (χ0v) is 13.4. The van der Waals surface area contributed by atoms with E-state index in [1.807, 2.05) is 0 Å². The van der Waals surface area contributed by atoms with Crippen LogP contribution < -0.4 is 5.73 Å². The minimum absolute atomic E-state index is 0.00927. The highest BCUT2D eigenvalue weighted by molar-refractivity contribution is 7.89. The lowest BCUT2D eigenvalue weighted by molar-refractivity contribution is 0.315. The molecule has 1 aliphatic rings. The van der Waals surface area contributed by atoms with Crippen LogP contribution in [0.25, 0.3) is 0 Å². The van der Waals surface area contributed by atoms with Crippen LogP contribution in [0.1, 0.15) is 19.3 Å². The lowest BCUT2D eigenvalue weighted by Gasteiger charge is -2.21. The van der Waals surface area contributed by atoms with Crippen LogP contribution in [0.3, 0.4) is 0 Å². The van der Waals surface area contributed by atoms with E-state index in [-0.39, 0.29) is 34.8 Å². The highest BCUT2D eigenvalue weighted by Gasteiger charge is 2.38. The summed E-state index contributed by atoms with van der Waals surface area (Å²) in [6.07, 6.45) is 1.76. The van der Waals surface area contributed by atoms with Gasteiger partial charge in [-0.1, -0.05) is 28.4 Å². The molecule has 0 unspecified atom stereocenters. The Morgan fingerprint density at radius 2 is 2.05 bits per heavy atom. The Kier molecular flexibility index (Phi) is 4.98. The first-order valence-corrected chi connectivity index (χ1v) is 8.49. The molecule has 0 bridgehead atoms. The molecular formula is C12H15Cl2N3O3S. The maximum absolute atomic E-state index is 12.7. The fourth-order valence-corrected chi connectivity index (χ4v) is 3.98. The van der Waals surface area contributed by atoms with Gasteiger partial charge in [-0.05, 0) is 31.0 Å². The summed E-state index contributed by atoms with van der Waals surface area (Å²) in [5, 5.41) is 11.9. The molecule has 6 nitrogen and oxygen atoms in total. The molecule has 116 valence electrons. The van der Waals surface area contributed by atoms with Crippen LogP contribution in [0.15, 0.2) is 28.3 Å². The molecule has 2 rings (SSSR count). The quantitative estimate of drug-likeness (QED) is 0.355. The van der Waals surface area contributed by atoms with E-state index in [0.717, 1.165) is 12.8 Å². The zero-order valence-electron chi connectivity index (χ0n) is 11.0. The molecule has 1 aliphatic carbocycles.